The van der Waals surface area contributed by atoms with Crippen LogP contribution in [-0.2, 0) is 4.84 Å². The van der Waals surface area contributed by atoms with Crippen LogP contribution in [0.25, 0.3) is 0 Å². The molecule has 4 N–H and O–H groups in total. The molecular weight excluding hydrogens is 104 g/mol. The van der Waals surface area contributed by atoms with Crippen LogP contribution in [0.1, 0.15) is 19.3 Å². The van der Waals surface area contributed by atoms with Gasteiger partial charge in [-0.3, -0.25) is 4.84 Å². The highest BCUT2D eigenvalue weighted by Crippen LogP contribution is 2.18. The maximum atomic E-state index is 5.58. The van der Waals surface area contributed by atoms with Gasteiger partial charge in [-0.15, -0.1) is 0 Å². The van der Waals surface area contributed by atoms with Crippen LogP contribution in [0, 0.1) is 0 Å². The van der Waals surface area contributed by atoms with Crippen LogP contribution < -0.4 is 11.6 Å². The SMILES string of the molecule is NO[C@@H]1CCC[C@H]1N. The molecule has 0 heterocycles. The monoisotopic (exact) mass is 116 g/mol. The van der Waals surface area contributed by atoms with E-state index in [4.69, 9.17) is 11.6 Å². The summed E-state index contributed by atoms with van der Waals surface area (Å²) in [5, 5.41) is 0. The van der Waals surface area contributed by atoms with Crippen molar-refractivity contribution in [1.29, 1.82) is 0 Å². The van der Waals surface area contributed by atoms with E-state index < -0.39 is 0 Å². The summed E-state index contributed by atoms with van der Waals surface area (Å²) in [6, 6.07) is 0.181. The minimum atomic E-state index is 0.120. The predicted molar refractivity (Wildman–Crippen MR) is 30.9 cm³/mol. The van der Waals surface area contributed by atoms with E-state index >= 15 is 0 Å². The number of nitrogens with two attached hydrogens (primary N) is 2. The molecule has 0 spiro atoms. The number of hydrogen-bond acceptors (Lipinski definition) is 3. The Kier molecular flexibility index (Phi) is 1.83. The zero-order valence-corrected chi connectivity index (χ0v) is 4.84. The van der Waals surface area contributed by atoms with Crippen molar-refractivity contribution < 1.29 is 4.84 Å². The molecule has 0 unspecified atom stereocenters. The summed E-state index contributed by atoms with van der Waals surface area (Å²) in [5.41, 5.74) is 5.58. The Morgan fingerprint density at radius 2 is 2.12 bits per heavy atom. The van der Waals surface area contributed by atoms with Gasteiger partial charge in [-0.1, -0.05) is 0 Å². The van der Waals surface area contributed by atoms with E-state index in [-0.39, 0.29) is 12.1 Å². The summed E-state index contributed by atoms with van der Waals surface area (Å²) >= 11 is 0. The van der Waals surface area contributed by atoms with Gasteiger partial charge in [0, 0.05) is 6.04 Å². The third-order valence-corrected chi connectivity index (χ3v) is 1.68. The van der Waals surface area contributed by atoms with Crippen LogP contribution in [0.2, 0.25) is 0 Å². The van der Waals surface area contributed by atoms with E-state index in [1.807, 2.05) is 0 Å². The average molecular weight is 116 g/mol. The predicted octanol–water partition coefficient (Wildman–Crippen LogP) is -0.243. The second-order valence-electron chi connectivity index (χ2n) is 2.27. The standard InChI is InChI=1S/C5H12N2O/c6-4-2-1-3-5(4)8-7/h4-5H,1-3,6-7H2/t4-,5-/m1/s1. The fourth-order valence-electron chi connectivity index (χ4n) is 1.12. The fourth-order valence-corrected chi connectivity index (χ4v) is 1.12. The molecule has 1 aliphatic carbocycles. The summed E-state index contributed by atoms with van der Waals surface area (Å²) in [4.78, 5) is 4.60. The first-order chi connectivity index (χ1) is 3.84. The van der Waals surface area contributed by atoms with Crippen molar-refractivity contribution in [1.82, 2.24) is 0 Å². The van der Waals surface area contributed by atoms with Gasteiger partial charge >= 0.3 is 0 Å². The van der Waals surface area contributed by atoms with Crippen molar-refractivity contribution in [3.05, 3.63) is 0 Å². The molecule has 8 heavy (non-hydrogen) atoms. The first-order valence-electron chi connectivity index (χ1n) is 2.95. The number of hydrogen-bond donors (Lipinski definition) is 2. The molecule has 1 saturated carbocycles. The largest absolute Gasteiger partial charge is 0.325 e. The Bertz CT molecular complexity index is 76.8. The first kappa shape index (κ1) is 6.01. The highest BCUT2D eigenvalue weighted by molar-refractivity contribution is 4.79. The minimum Gasteiger partial charge on any atom is -0.325 e. The maximum Gasteiger partial charge on any atom is 0.0937 e. The lowest BCUT2D eigenvalue weighted by Gasteiger charge is -2.10. The van der Waals surface area contributed by atoms with Crippen LogP contribution in [0.4, 0.5) is 0 Å². The lowest BCUT2D eigenvalue weighted by atomic mass is 10.2. The van der Waals surface area contributed by atoms with Gasteiger partial charge in [-0.25, -0.2) is 5.90 Å². The zero-order chi connectivity index (χ0) is 5.98. The van der Waals surface area contributed by atoms with Crippen LogP contribution in [0.5, 0.6) is 0 Å². The molecule has 3 nitrogen and oxygen atoms in total. The van der Waals surface area contributed by atoms with Gasteiger partial charge in [-0.2, -0.15) is 0 Å². The van der Waals surface area contributed by atoms with Crippen molar-refractivity contribution in [2.45, 2.75) is 31.4 Å². The van der Waals surface area contributed by atoms with Crippen LogP contribution in [0.3, 0.4) is 0 Å². The average Bonchev–Trinajstić information content (AvgIpc) is 2.14. The van der Waals surface area contributed by atoms with Gasteiger partial charge in [0.2, 0.25) is 0 Å². The molecule has 0 aromatic heterocycles. The highest BCUT2D eigenvalue weighted by Gasteiger charge is 2.23. The second kappa shape index (κ2) is 2.44. The van der Waals surface area contributed by atoms with Gasteiger partial charge in [0.25, 0.3) is 0 Å². The van der Waals surface area contributed by atoms with Crippen LogP contribution in [-0.4, -0.2) is 12.1 Å². The van der Waals surface area contributed by atoms with Crippen molar-refractivity contribution in [3.8, 4) is 0 Å². The molecule has 2 atom stereocenters. The Morgan fingerprint density at radius 3 is 2.38 bits per heavy atom. The molecule has 0 aromatic carbocycles. The maximum absolute atomic E-state index is 5.58. The molecule has 0 bridgehead atoms. The Hall–Kier alpha value is -0.120. The second-order valence-corrected chi connectivity index (χ2v) is 2.27. The van der Waals surface area contributed by atoms with Crippen LogP contribution in [0.15, 0.2) is 0 Å². The van der Waals surface area contributed by atoms with Gasteiger partial charge in [-0.05, 0) is 19.3 Å². The Balaban J connectivity index is 2.30. The minimum absolute atomic E-state index is 0.120. The lowest BCUT2D eigenvalue weighted by molar-refractivity contribution is 0.0481. The Morgan fingerprint density at radius 1 is 1.38 bits per heavy atom. The lowest BCUT2D eigenvalue weighted by Crippen LogP contribution is -2.33. The van der Waals surface area contributed by atoms with E-state index in [1.54, 1.807) is 0 Å². The highest BCUT2D eigenvalue weighted by atomic mass is 16.6. The van der Waals surface area contributed by atoms with Crippen molar-refractivity contribution in [2.75, 3.05) is 0 Å². The van der Waals surface area contributed by atoms with Crippen molar-refractivity contribution >= 4 is 0 Å². The molecule has 0 aliphatic heterocycles. The van der Waals surface area contributed by atoms with Gasteiger partial charge in [0.15, 0.2) is 0 Å². The third kappa shape index (κ3) is 0.992. The smallest absolute Gasteiger partial charge is 0.0937 e. The zero-order valence-electron chi connectivity index (χ0n) is 4.84. The number of rotatable bonds is 1. The topological polar surface area (TPSA) is 61.3 Å². The first-order valence-corrected chi connectivity index (χ1v) is 2.95. The van der Waals surface area contributed by atoms with Gasteiger partial charge in [0.1, 0.15) is 0 Å². The molecule has 3 heteroatoms. The molecule has 0 radical (unpaired) electrons. The molecule has 0 amide bonds. The fraction of sp³-hybridized carbons (Fsp3) is 1.00. The van der Waals surface area contributed by atoms with Gasteiger partial charge in [0.05, 0.1) is 6.10 Å². The van der Waals surface area contributed by atoms with Crippen LogP contribution >= 0.6 is 0 Å². The molecular formula is C5H12N2O. The van der Waals surface area contributed by atoms with E-state index in [2.05, 4.69) is 4.84 Å². The quantitative estimate of drug-likeness (QED) is 0.465. The van der Waals surface area contributed by atoms with E-state index in [1.165, 1.54) is 0 Å². The molecule has 48 valence electrons. The summed E-state index contributed by atoms with van der Waals surface area (Å²) in [6.45, 7) is 0. The Labute approximate surface area is 48.9 Å². The van der Waals surface area contributed by atoms with E-state index in [9.17, 15) is 0 Å². The molecule has 1 rings (SSSR count). The normalized spacial score (nSPS) is 38.2. The molecule has 0 saturated heterocycles. The summed E-state index contributed by atoms with van der Waals surface area (Å²) in [5.74, 6) is 4.94. The van der Waals surface area contributed by atoms with E-state index in [0.29, 0.717) is 0 Å². The van der Waals surface area contributed by atoms with E-state index in [0.717, 1.165) is 19.3 Å². The molecule has 1 fully saturated rings. The third-order valence-electron chi connectivity index (χ3n) is 1.68. The van der Waals surface area contributed by atoms with Crippen molar-refractivity contribution in [3.63, 3.8) is 0 Å². The molecule has 0 aromatic rings. The van der Waals surface area contributed by atoms with Gasteiger partial charge < -0.3 is 5.73 Å². The summed E-state index contributed by atoms with van der Waals surface area (Å²) < 4.78 is 0. The summed E-state index contributed by atoms with van der Waals surface area (Å²) in [7, 11) is 0. The summed E-state index contributed by atoms with van der Waals surface area (Å²) in [6.07, 6.45) is 3.36. The molecule has 1 aliphatic rings. The van der Waals surface area contributed by atoms with Crippen molar-refractivity contribution in [2.24, 2.45) is 11.6 Å².